The second-order valence-corrected chi connectivity index (χ2v) is 16.2. The molecule has 0 saturated heterocycles. The average molecular weight is 796 g/mol. The first-order chi connectivity index (χ1) is 30.2. The van der Waals surface area contributed by atoms with Crippen LogP contribution in [-0.4, -0.2) is 15.0 Å². The van der Waals surface area contributed by atoms with Crippen LogP contribution >= 0.6 is 11.3 Å². The fraction of sp³-hybridized carbons (Fsp3) is 0. The molecule has 0 bridgehead atoms. The minimum atomic E-state index is 0.695. The van der Waals surface area contributed by atoms with Crippen LogP contribution < -0.4 is 0 Å². The second-order valence-electron chi connectivity index (χ2n) is 15.2. The molecule has 8 aromatic carbocycles. The summed E-state index contributed by atoms with van der Waals surface area (Å²) in [4.78, 5) is 16.9. The molecule has 286 valence electrons. The number of pyridine rings is 1. The first kappa shape index (κ1) is 36.3. The van der Waals surface area contributed by atoms with Crippen LogP contribution in [0.1, 0.15) is 0 Å². The molecular weight excluding hydrogens is 759 g/mol. The van der Waals surface area contributed by atoms with E-state index in [0.717, 1.165) is 77.9 Å². The maximum absolute atomic E-state index is 5.46. The van der Waals surface area contributed by atoms with Gasteiger partial charge in [-0.25, -0.2) is 15.0 Å². The average Bonchev–Trinajstić information content (AvgIpc) is 3.76. The Bertz CT molecular complexity index is 3210. The summed E-state index contributed by atoms with van der Waals surface area (Å²) in [6.07, 6.45) is 0. The van der Waals surface area contributed by atoms with Gasteiger partial charge in [0.25, 0.3) is 0 Å². The third kappa shape index (κ3) is 6.99. The van der Waals surface area contributed by atoms with Crippen molar-refractivity contribution in [1.29, 1.82) is 0 Å². The Morgan fingerprint density at radius 1 is 0.311 bits per heavy atom. The Morgan fingerprint density at radius 2 is 0.770 bits per heavy atom. The Balaban J connectivity index is 1.20. The van der Waals surface area contributed by atoms with Gasteiger partial charge in [-0.2, -0.15) is 0 Å². The molecule has 0 spiro atoms. The molecular formula is C57H37N3S. The zero-order chi connectivity index (χ0) is 40.5. The number of thiophene rings is 1. The van der Waals surface area contributed by atoms with Crippen molar-refractivity contribution in [2.45, 2.75) is 0 Å². The van der Waals surface area contributed by atoms with Gasteiger partial charge in [-0.3, -0.25) is 0 Å². The van der Waals surface area contributed by atoms with Gasteiger partial charge in [0.1, 0.15) is 0 Å². The van der Waals surface area contributed by atoms with E-state index >= 15 is 0 Å². The van der Waals surface area contributed by atoms with Crippen molar-refractivity contribution in [3.8, 4) is 89.0 Å². The van der Waals surface area contributed by atoms with Gasteiger partial charge in [0.15, 0.2) is 5.82 Å². The molecule has 3 aromatic heterocycles. The molecule has 0 aliphatic rings. The first-order valence-electron chi connectivity index (χ1n) is 20.5. The molecule has 0 saturated carbocycles. The number of hydrogen-bond acceptors (Lipinski definition) is 4. The van der Waals surface area contributed by atoms with Crippen molar-refractivity contribution >= 4 is 32.3 Å². The smallest absolute Gasteiger partial charge is 0.160 e. The Labute approximate surface area is 359 Å². The van der Waals surface area contributed by atoms with Crippen molar-refractivity contribution in [3.05, 3.63) is 224 Å². The van der Waals surface area contributed by atoms with Crippen LogP contribution in [-0.2, 0) is 0 Å². The van der Waals surface area contributed by atoms with E-state index in [-0.39, 0.29) is 0 Å². The Hall–Kier alpha value is -7.79. The first-order valence-corrected chi connectivity index (χ1v) is 21.3. The molecule has 3 nitrogen and oxygen atoms in total. The fourth-order valence-corrected chi connectivity index (χ4v) is 9.68. The van der Waals surface area contributed by atoms with Crippen LogP contribution in [0.3, 0.4) is 0 Å². The van der Waals surface area contributed by atoms with Gasteiger partial charge < -0.3 is 0 Å². The highest BCUT2D eigenvalue weighted by atomic mass is 32.1. The third-order valence-corrected chi connectivity index (χ3v) is 12.5. The van der Waals surface area contributed by atoms with E-state index in [1.807, 2.05) is 35.6 Å². The number of para-hydroxylation sites is 1. The van der Waals surface area contributed by atoms with Crippen LogP contribution in [0.2, 0.25) is 0 Å². The summed E-state index contributed by atoms with van der Waals surface area (Å²) in [5.41, 5.74) is 15.9. The molecule has 0 aliphatic carbocycles. The second kappa shape index (κ2) is 15.8. The van der Waals surface area contributed by atoms with Gasteiger partial charge >= 0.3 is 0 Å². The molecule has 0 unspecified atom stereocenters. The van der Waals surface area contributed by atoms with Gasteiger partial charge in [0.2, 0.25) is 0 Å². The predicted molar refractivity (Wildman–Crippen MR) is 256 cm³/mol. The van der Waals surface area contributed by atoms with Crippen molar-refractivity contribution in [3.63, 3.8) is 0 Å². The van der Waals surface area contributed by atoms with Crippen LogP contribution in [0.25, 0.3) is 110 Å². The highest BCUT2D eigenvalue weighted by Gasteiger charge is 2.24. The predicted octanol–water partition coefficient (Wildman–Crippen LogP) is 15.6. The van der Waals surface area contributed by atoms with Gasteiger partial charge in [0, 0.05) is 48.2 Å². The third-order valence-electron chi connectivity index (χ3n) is 11.3. The highest BCUT2D eigenvalue weighted by molar-refractivity contribution is 7.24. The molecule has 4 heteroatoms. The number of hydrogen-bond donors (Lipinski definition) is 0. The van der Waals surface area contributed by atoms with E-state index in [1.54, 1.807) is 0 Å². The zero-order valence-corrected chi connectivity index (χ0v) is 33.9. The normalized spacial score (nSPS) is 11.3. The summed E-state index contributed by atoms with van der Waals surface area (Å²) < 4.78 is 1.21. The number of nitrogens with zero attached hydrogens (tertiary/aromatic N) is 3. The van der Waals surface area contributed by atoms with Crippen molar-refractivity contribution in [2.24, 2.45) is 0 Å². The molecule has 0 radical (unpaired) electrons. The zero-order valence-electron chi connectivity index (χ0n) is 33.1. The van der Waals surface area contributed by atoms with Crippen molar-refractivity contribution in [2.75, 3.05) is 0 Å². The number of aromatic nitrogens is 3. The van der Waals surface area contributed by atoms with E-state index in [4.69, 9.17) is 15.0 Å². The minimum Gasteiger partial charge on any atom is -0.247 e. The lowest BCUT2D eigenvalue weighted by Crippen LogP contribution is -1.96. The van der Waals surface area contributed by atoms with Crippen molar-refractivity contribution < 1.29 is 0 Å². The molecule has 61 heavy (non-hydrogen) atoms. The molecule has 0 aliphatic heterocycles. The number of fused-ring (bicyclic) bond motifs is 3. The largest absolute Gasteiger partial charge is 0.247 e. The van der Waals surface area contributed by atoms with E-state index in [1.165, 1.54) is 26.3 Å². The SMILES string of the molecule is c1ccc(-c2cc(-c3ccccc3)cc(-c3c(-c4cccc(-c5cc(-c6ccccc6)nc(-c6ccccc6)n5)c4)sc4c3c(-c3ccccc3)nc3ccccc34)c2)cc1. The lowest BCUT2D eigenvalue weighted by Gasteiger charge is -2.15. The van der Waals surface area contributed by atoms with Gasteiger partial charge in [0.05, 0.1) is 22.6 Å². The molecule has 0 fully saturated rings. The summed E-state index contributed by atoms with van der Waals surface area (Å²) >= 11 is 1.84. The van der Waals surface area contributed by atoms with Gasteiger partial charge in [-0.15, -0.1) is 11.3 Å². The molecule has 0 N–H and O–H groups in total. The van der Waals surface area contributed by atoms with Crippen molar-refractivity contribution in [1.82, 2.24) is 15.0 Å². The lowest BCUT2D eigenvalue weighted by molar-refractivity contribution is 1.18. The molecule has 0 atom stereocenters. The maximum atomic E-state index is 5.46. The monoisotopic (exact) mass is 795 g/mol. The topological polar surface area (TPSA) is 38.7 Å². The summed E-state index contributed by atoms with van der Waals surface area (Å²) in [5.74, 6) is 0.695. The quantitative estimate of drug-likeness (QED) is 0.154. The number of benzene rings is 8. The van der Waals surface area contributed by atoms with E-state index in [2.05, 4.69) is 200 Å². The molecule has 3 heterocycles. The Morgan fingerprint density at radius 3 is 1.39 bits per heavy atom. The fourth-order valence-electron chi connectivity index (χ4n) is 8.32. The highest BCUT2D eigenvalue weighted by Crippen LogP contribution is 2.51. The van der Waals surface area contributed by atoms with Crippen LogP contribution in [0.4, 0.5) is 0 Å². The maximum Gasteiger partial charge on any atom is 0.160 e. The lowest BCUT2D eigenvalue weighted by atomic mass is 9.90. The standard InChI is InChI=1S/C57H37N3S/c1-6-19-38(20-7-1)45-34-46(39-21-8-2-9-22-39)36-47(35-45)52-53-54(41-25-12-4-13-26-41)58-49-32-17-16-31-48(49)56(53)61-55(52)44-30-18-29-43(33-44)51-37-50(40-23-10-3-11-24-40)59-57(60-51)42-27-14-5-15-28-42/h1-37H. The van der Waals surface area contributed by atoms with E-state index in [9.17, 15) is 0 Å². The van der Waals surface area contributed by atoms with E-state index < -0.39 is 0 Å². The van der Waals surface area contributed by atoms with Crippen LogP contribution in [0.5, 0.6) is 0 Å². The minimum absolute atomic E-state index is 0.695. The summed E-state index contributed by atoms with van der Waals surface area (Å²) in [5, 5.41) is 2.29. The molecule has 11 aromatic rings. The number of rotatable bonds is 8. The Kier molecular flexibility index (Phi) is 9.38. The van der Waals surface area contributed by atoms with Crippen LogP contribution in [0.15, 0.2) is 224 Å². The van der Waals surface area contributed by atoms with Gasteiger partial charge in [-0.05, 0) is 69.8 Å². The van der Waals surface area contributed by atoms with Gasteiger partial charge in [-0.1, -0.05) is 188 Å². The molecule has 11 rings (SSSR count). The van der Waals surface area contributed by atoms with Crippen LogP contribution in [0, 0.1) is 0 Å². The summed E-state index contributed by atoms with van der Waals surface area (Å²) in [6, 6.07) is 79.3. The summed E-state index contributed by atoms with van der Waals surface area (Å²) in [6.45, 7) is 0. The molecule has 0 amide bonds. The summed E-state index contributed by atoms with van der Waals surface area (Å²) in [7, 11) is 0. The van der Waals surface area contributed by atoms with E-state index in [0.29, 0.717) is 5.82 Å².